The lowest BCUT2D eigenvalue weighted by Gasteiger charge is -2.12. The molecule has 1 aromatic rings. The smallest absolute Gasteiger partial charge is 0.154 e. The van der Waals surface area contributed by atoms with Gasteiger partial charge < -0.3 is 4.74 Å². The molecule has 0 fully saturated rings. The molecule has 0 aromatic heterocycles. The highest BCUT2D eigenvalue weighted by Crippen LogP contribution is 2.27. The lowest BCUT2D eigenvalue weighted by atomic mass is 9.93. The van der Waals surface area contributed by atoms with Gasteiger partial charge in [-0.15, -0.1) is 0 Å². The van der Waals surface area contributed by atoms with E-state index in [-0.39, 0.29) is 5.78 Å². The zero-order valence-corrected chi connectivity index (χ0v) is 9.56. The third-order valence-electron chi connectivity index (χ3n) is 2.40. The average molecular weight is 217 g/mol. The molecule has 0 aliphatic carbocycles. The van der Waals surface area contributed by atoms with Crippen molar-refractivity contribution in [2.45, 2.75) is 25.7 Å². The van der Waals surface area contributed by atoms with Crippen molar-refractivity contribution >= 4 is 5.78 Å². The molecule has 0 aliphatic heterocycles. The van der Waals surface area contributed by atoms with Crippen molar-refractivity contribution in [3.8, 4) is 11.8 Å². The third kappa shape index (κ3) is 2.60. The van der Waals surface area contributed by atoms with Crippen LogP contribution in [0, 0.1) is 11.3 Å². The largest absolute Gasteiger partial charge is 0.496 e. The van der Waals surface area contributed by atoms with Crippen molar-refractivity contribution in [3.63, 3.8) is 0 Å². The number of para-hydroxylation sites is 1. The van der Waals surface area contributed by atoms with Gasteiger partial charge >= 0.3 is 0 Å². The van der Waals surface area contributed by atoms with Crippen molar-refractivity contribution in [1.82, 2.24) is 0 Å². The minimum Gasteiger partial charge on any atom is -0.496 e. The molecule has 0 saturated carbocycles. The molecule has 0 amide bonds. The van der Waals surface area contributed by atoms with Crippen LogP contribution in [0.25, 0.3) is 0 Å². The van der Waals surface area contributed by atoms with Gasteiger partial charge in [0.05, 0.1) is 13.2 Å². The number of Topliss-reactive ketones (excluding diaryl/α,β-unsaturated/α-hetero) is 1. The van der Waals surface area contributed by atoms with E-state index in [0.717, 1.165) is 6.42 Å². The molecule has 16 heavy (non-hydrogen) atoms. The van der Waals surface area contributed by atoms with Crippen molar-refractivity contribution < 1.29 is 9.53 Å². The van der Waals surface area contributed by atoms with Gasteiger partial charge in [0.1, 0.15) is 11.7 Å². The SMILES string of the molecule is CCCC(=O)C(C#N)c1ccccc1OC. The van der Waals surface area contributed by atoms with E-state index in [4.69, 9.17) is 10.00 Å². The molecule has 84 valence electrons. The number of ether oxygens (including phenoxy) is 1. The minimum atomic E-state index is -0.712. The van der Waals surface area contributed by atoms with Crippen LogP contribution < -0.4 is 4.74 Å². The molecular formula is C13H15NO2. The Bertz CT molecular complexity index is 407. The van der Waals surface area contributed by atoms with E-state index in [9.17, 15) is 4.79 Å². The number of nitriles is 1. The van der Waals surface area contributed by atoms with Crippen LogP contribution in [0.5, 0.6) is 5.75 Å². The summed E-state index contributed by atoms with van der Waals surface area (Å²) in [6, 6.07) is 9.20. The number of rotatable bonds is 5. The van der Waals surface area contributed by atoms with Gasteiger partial charge in [0.2, 0.25) is 0 Å². The highest BCUT2D eigenvalue weighted by molar-refractivity contribution is 5.89. The van der Waals surface area contributed by atoms with E-state index in [1.807, 2.05) is 19.1 Å². The molecule has 3 nitrogen and oxygen atoms in total. The summed E-state index contributed by atoms with van der Waals surface area (Å²) in [5, 5.41) is 9.07. The molecule has 1 aromatic carbocycles. The highest BCUT2D eigenvalue weighted by Gasteiger charge is 2.22. The Morgan fingerprint density at radius 2 is 2.19 bits per heavy atom. The fraction of sp³-hybridized carbons (Fsp3) is 0.385. The zero-order valence-electron chi connectivity index (χ0n) is 9.56. The predicted molar refractivity (Wildman–Crippen MR) is 61.3 cm³/mol. The predicted octanol–water partition coefficient (Wildman–Crippen LogP) is 2.67. The van der Waals surface area contributed by atoms with Gasteiger partial charge in [-0.1, -0.05) is 25.1 Å². The lowest BCUT2D eigenvalue weighted by Crippen LogP contribution is -2.11. The minimum absolute atomic E-state index is 0.0468. The van der Waals surface area contributed by atoms with Crippen molar-refractivity contribution in [3.05, 3.63) is 29.8 Å². The van der Waals surface area contributed by atoms with Gasteiger partial charge in [0, 0.05) is 12.0 Å². The summed E-state index contributed by atoms with van der Waals surface area (Å²) < 4.78 is 5.15. The Labute approximate surface area is 95.7 Å². The first-order valence-electron chi connectivity index (χ1n) is 5.29. The molecule has 1 atom stereocenters. The highest BCUT2D eigenvalue weighted by atomic mass is 16.5. The second-order valence-electron chi connectivity index (χ2n) is 3.52. The molecule has 1 rings (SSSR count). The summed E-state index contributed by atoms with van der Waals surface area (Å²) in [5.41, 5.74) is 0.658. The average Bonchev–Trinajstić information content (AvgIpc) is 2.31. The van der Waals surface area contributed by atoms with Crippen molar-refractivity contribution in [1.29, 1.82) is 5.26 Å². The molecule has 3 heteroatoms. The van der Waals surface area contributed by atoms with E-state index in [0.29, 0.717) is 17.7 Å². The Hall–Kier alpha value is -1.82. The molecule has 0 radical (unpaired) electrons. The van der Waals surface area contributed by atoms with Gasteiger partial charge in [0.15, 0.2) is 5.78 Å². The van der Waals surface area contributed by atoms with Gasteiger partial charge in [-0.25, -0.2) is 0 Å². The lowest BCUT2D eigenvalue weighted by molar-refractivity contribution is -0.119. The Balaban J connectivity index is 3.04. The molecule has 0 saturated heterocycles. The number of hydrogen-bond donors (Lipinski definition) is 0. The number of ketones is 1. The van der Waals surface area contributed by atoms with E-state index >= 15 is 0 Å². The summed E-state index contributed by atoms with van der Waals surface area (Å²) in [4.78, 5) is 11.8. The monoisotopic (exact) mass is 217 g/mol. The van der Waals surface area contributed by atoms with Crippen LogP contribution >= 0.6 is 0 Å². The molecular weight excluding hydrogens is 202 g/mol. The number of nitrogens with zero attached hydrogens (tertiary/aromatic N) is 1. The molecule has 0 aliphatic rings. The second kappa shape index (κ2) is 5.92. The maximum Gasteiger partial charge on any atom is 0.154 e. The van der Waals surface area contributed by atoms with Crippen LogP contribution in [-0.2, 0) is 4.79 Å². The van der Waals surface area contributed by atoms with Crippen LogP contribution in [0.15, 0.2) is 24.3 Å². The summed E-state index contributed by atoms with van der Waals surface area (Å²) in [7, 11) is 1.54. The Kier molecular flexibility index (Phi) is 4.53. The summed E-state index contributed by atoms with van der Waals surface area (Å²) in [6.07, 6.45) is 1.18. The summed E-state index contributed by atoms with van der Waals surface area (Å²) in [5.74, 6) is -0.163. The first kappa shape index (κ1) is 12.3. The fourth-order valence-electron chi connectivity index (χ4n) is 1.61. The number of benzene rings is 1. The van der Waals surface area contributed by atoms with Crippen LogP contribution in [0.4, 0.5) is 0 Å². The van der Waals surface area contributed by atoms with Crippen molar-refractivity contribution in [2.75, 3.05) is 7.11 Å². The summed E-state index contributed by atoms with van der Waals surface area (Å²) >= 11 is 0. The molecule has 0 N–H and O–H groups in total. The van der Waals surface area contributed by atoms with Crippen molar-refractivity contribution in [2.24, 2.45) is 0 Å². The Morgan fingerprint density at radius 1 is 1.50 bits per heavy atom. The van der Waals surface area contributed by atoms with E-state index in [1.165, 1.54) is 7.11 Å². The fourth-order valence-corrected chi connectivity index (χ4v) is 1.61. The van der Waals surface area contributed by atoms with Crippen LogP contribution in [0.3, 0.4) is 0 Å². The van der Waals surface area contributed by atoms with Crippen LogP contribution in [0.1, 0.15) is 31.2 Å². The topological polar surface area (TPSA) is 50.1 Å². The van der Waals surface area contributed by atoms with Gasteiger partial charge in [0.25, 0.3) is 0 Å². The van der Waals surface area contributed by atoms with Gasteiger partial charge in [-0.05, 0) is 12.5 Å². The normalized spacial score (nSPS) is 11.6. The molecule has 1 unspecified atom stereocenters. The number of hydrogen-bond acceptors (Lipinski definition) is 3. The van der Waals surface area contributed by atoms with Gasteiger partial charge in [-0.3, -0.25) is 4.79 Å². The third-order valence-corrected chi connectivity index (χ3v) is 2.40. The van der Waals surface area contributed by atoms with Crippen LogP contribution in [-0.4, -0.2) is 12.9 Å². The molecule has 0 spiro atoms. The molecule has 0 heterocycles. The Morgan fingerprint density at radius 3 is 2.75 bits per heavy atom. The number of methoxy groups -OCH3 is 1. The second-order valence-corrected chi connectivity index (χ2v) is 3.52. The maximum atomic E-state index is 11.8. The summed E-state index contributed by atoms with van der Waals surface area (Å²) in [6.45, 7) is 1.93. The van der Waals surface area contributed by atoms with E-state index in [2.05, 4.69) is 0 Å². The zero-order chi connectivity index (χ0) is 12.0. The molecule has 0 bridgehead atoms. The first-order chi connectivity index (χ1) is 7.74. The number of carbonyl (C=O) groups is 1. The van der Waals surface area contributed by atoms with Crippen LogP contribution in [0.2, 0.25) is 0 Å². The van der Waals surface area contributed by atoms with E-state index < -0.39 is 5.92 Å². The standard InChI is InChI=1S/C13H15NO2/c1-3-6-12(15)11(9-14)10-7-4-5-8-13(10)16-2/h4-5,7-8,11H,3,6H2,1-2H3. The van der Waals surface area contributed by atoms with Gasteiger partial charge in [-0.2, -0.15) is 5.26 Å². The number of carbonyl (C=O) groups excluding carboxylic acids is 1. The first-order valence-corrected chi connectivity index (χ1v) is 5.29. The van der Waals surface area contributed by atoms with E-state index in [1.54, 1.807) is 18.2 Å². The quantitative estimate of drug-likeness (QED) is 0.761. The maximum absolute atomic E-state index is 11.8.